The van der Waals surface area contributed by atoms with Crippen molar-refractivity contribution in [2.24, 2.45) is 5.41 Å². The lowest BCUT2D eigenvalue weighted by Gasteiger charge is -2.31. The second kappa shape index (κ2) is 9.11. The van der Waals surface area contributed by atoms with Crippen molar-refractivity contribution in [1.82, 2.24) is 5.32 Å². The summed E-state index contributed by atoms with van der Waals surface area (Å²) in [5.74, 6) is 0. The molecule has 0 amide bonds. The summed E-state index contributed by atoms with van der Waals surface area (Å²) >= 11 is 0. The summed E-state index contributed by atoms with van der Waals surface area (Å²) in [7, 11) is 0. The van der Waals surface area contributed by atoms with Gasteiger partial charge in [-0.1, -0.05) is 48.1 Å². The molecule has 0 radical (unpaired) electrons. The van der Waals surface area contributed by atoms with Crippen molar-refractivity contribution in [2.45, 2.75) is 83.6 Å². The summed E-state index contributed by atoms with van der Waals surface area (Å²) in [6.45, 7) is 5.69. The Kier molecular flexibility index (Phi) is 6.97. The van der Waals surface area contributed by atoms with Crippen molar-refractivity contribution in [2.75, 3.05) is 0 Å². The van der Waals surface area contributed by atoms with E-state index in [9.17, 15) is 15.3 Å². The quantitative estimate of drug-likeness (QED) is 0.474. The van der Waals surface area contributed by atoms with Gasteiger partial charge in [0.1, 0.15) is 0 Å². The fourth-order valence-corrected chi connectivity index (χ4v) is 4.04. The molecular weight excluding hydrogens is 366 g/mol. The summed E-state index contributed by atoms with van der Waals surface area (Å²) in [4.78, 5) is 0. The van der Waals surface area contributed by atoms with E-state index < -0.39 is 23.7 Å². The van der Waals surface area contributed by atoms with Crippen LogP contribution in [0.2, 0.25) is 0 Å². The van der Waals surface area contributed by atoms with Gasteiger partial charge in [-0.3, -0.25) is 5.32 Å². The Bertz CT molecular complexity index is 729. The van der Waals surface area contributed by atoms with Crippen LogP contribution in [0.5, 0.6) is 0 Å². The number of rotatable bonds is 9. The lowest BCUT2D eigenvalue weighted by Crippen LogP contribution is -2.45. The van der Waals surface area contributed by atoms with Gasteiger partial charge in [0, 0.05) is 11.5 Å². The van der Waals surface area contributed by atoms with E-state index in [2.05, 4.69) is 41.7 Å². The predicted molar refractivity (Wildman–Crippen MR) is 115 cm³/mol. The molecule has 1 fully saturated rings. The summed E-state index contributed by atoms with van der Waals surface area (Å²) < 4.78 is 5.62. The van der Waals surface area contributed by atoms with Gasteiger partial charge in [0.05, 0.1) is 5.60 Å². The van der Waals surface area contributed by atoms with Crippen LogP contribution in [-0.2, 0) is 4.74 Å². The number of aliphatic hydroxyl groups excluding tert-OH is 2. The molecule has 2 unspecified atom stereocenters. The van der Waals surface area contributed by atoms with E-state index in [4.69, 9.17) is 4.74 Å². The molecule has 3 rings (SSSR count). The second-order valence-electron chi connectivity index (χ2n) is 9.47. The van der Waals surface area contributed by atoms with Crippen LogP contribution in [0.1, 0.15) is 64.9 Å². The van der Waals surface area contributed by atoms with Gasteiger partial charge in [0.15, 0.2) is 6.29 Å². The van der Waals surface area contributed by atoms with Crippen LogP contribution in [0.25, 0.3) is 5.57 Å². The molecule has 5 nitrogen and oxygen atoms in total. The highest BCUT2D eigenvalue weighted by atomic mass is 16.6. The molecule has 0 spiro atoms. The SMILES string of the molecule is CC(C)(C)OC(O)NC(CC1=CC=C(c2ccccc2)CC1)CC1(C(O)O)CC1. The molecule has 5 heteroatoms. The van der Waals surface area contributed by atoms with Crippen LogP contribution in [0, 0.1) is 5.41 Å². The van der Waals surface area contributed by atoms with Crippen LogP contribution in [-0.4, -0.2) is 39.7 Å². The van der Waals surface area contributed by atoms with Crippen molar-refractivity contribution in [3.63, 3.8) is 0 Å². The van der Waals surface area contributed by atoms with Crippen LogP contribution in [0.3, 0.4) is 0 Å². The van der Waals surface area contributed by atoms with Gasteiger partial charge in [0.2, 0.25) is 6.41 Å². The van der Waals surface area contributed by atoms with Crippen LogP contribution in [0.4, 0.5) is 0 Å². The summed E-state index contributed by atoms with van der Waals surface area (Å²) in [5.41, 5.74) is 2.96. The molecule has 4 N–H and O–H groups in total. The van der Waals surface area contributed by atoms with Crippen LogP contribution < -0.4 is 5.32 Å². The van der Waals surface area contributed by atoms with Crippen molar-refractivity contribution in [1.29, 1.82) is 0 Å². The molecule has 2 atom stereocenters. The normalized spacial score (nSPS) is 20.8. The number of hydrogen-bond acceptors (Lipinski definition) is 5. The number of aliphatic hydroxyl groups is 3. The fourth-order valence-electron chi connectivity index (χ4n) is 4.04. The Hall–Kier alpha value is -1.50. The smallest absolute Gasteiger partial charge is 0.214 e. The molecule has 1 aromatic rings. The minimum absolute atomic E-state index is 0.0884. The zero-order valence-corrected chi connectivity index (χ0v) is 17.8. The molecule has 0 aromatic heterocycles. The highest BCUT2D eigenvalue weighted by Gasteiger charge is 2.49. The topological polar surface area (TPSA) is 82.0 Å². The first-order valence-electron chi connectivity index (χ1n) is 10.6. The summed E-state index contributed by atoms with van der Waals surface area (Å²) in [6, 6.07) is 10.3. The van der Waals surface area contributed by atoms with E-state index in [1.807, 2.05) is 26.8 Å². The first-order chi connectivity index (χ1) is 13.7. The maximum absolute atomic E-state index is 10.3. The third-order valence-electron chi connectivity index (χ3n) is 5.83. The first kappa shape index (κ1) is 22.2. The van der Waals surface area contributed by atoms with E-state index in [1.165, 1.54) is 16.7 Å². The van der Waals surface area contributed by atoms with E-state index in [1.54, 1.807) is 0 Å². The van der Waals surface area contributed by atoms with Crippen molar-refractivity contribution in [3.05, 3.63) is 53.6 Å². The Morgan fingerprint density at radius 3 is 2.24 bits per heavy atom. The van der Waals surface area contributed by atoms with Crippen molar-refractivity contribution < 1.29 is 20.1 Å². The van der Waals surface area contributed by atoms with Gasteiger partial charge >= 0.3 is 0 Å². The lowest BCUT2D eigenvalue weighted by atomic mass is 9.87. The Morgan fingerprint density at radius 2 is 1.72 bits per heavy atom. The zero-order valence-electron chi connectivity index (χ0n) is 17.8. The van der Waals surface area contributed by atoms with Crippen molar-refractivity contribution in [3.8, 4) is 0 Å². The number of nitrogens with one attached hydrogen (secondary N) is 1. The third kappa shape index (κ3) is 6.49. The highest BCUT2D eigenvalue weighted by Crippen LogP contribution is 2.52. The second-order valence-corrected chi connectivity index (χ2v) is 9.47. The molecular formula is C24H35NO4. The third-order valence-corrected chi connectivity index (χ3v) is 5.83. The predicted octanol–water partition coefficient (Wildman–Crippen LogP) is 3.71. The molecule has 1 aromatic carbocycles. The molecule has 2 aliphatic rings. The average molecular weight is 402 g/mol. The molecule has 2 aliphatic carbocycles. The van der Waals surface area contributed by atoms with Gasteiger partial charge in [0.25, 0.3) is 0 Å². The molecule has 1 saturated carbocycles. The number of hydrogen-bond donors (Lipinski definition) is 4. The Labute approximate surface area is 174 Å². The summed E-state index contributed by atoms with van der Waals surface area (Å²) in [6.07, 6.45) is 6.84. The van der Waals surface area contributed by atoms with Gasteiger partial charge in [-0.2, -0.15) is 0 Å². The van der Waals surface area contributed by atoms with Crippen LogP contribution >= 0.6 is 0 Å². The fraction of sp³-hybridized carbons (Fsp3) is 0.583. The van der Waals surface area contributed by atoms with E-state index in [-0.39, 0.29) is 6.04 Å². The molecule has 160 valence electrons. The number of ether oxygens (including phenoxy) is 1. The molecule has 0 bridgehead atoms. The minimum Gasteiger partial charge on any atom is -0.368 e. The summed E-state index contributed by atoms with van der Waals surface area (Å²) in [5, 5.41) is 33.1. The van der Waals surface area contributed by atoms with Gasteiger partial charge in [-0.15, -0.1) is 0 Å². The lowest BCUT2D eigenvalue weighted by molar-refractivity contribution is -0.187. The Morgan fingerprint density at radius 1 is 1.03 bits per heavy atom. The first-order valence-corrected chi connectivity index (χ1v) is 10.6. The Balaban J connectivity index is 1.68. The average Bonchev–Trinajstić information content (AvgIpc) is 3.42. The monoisotopic (exact) mass is 401 g/mol. The van der Waals surface area contributed by atoms with Gasteiger partial charge in [-0.05, 0) is 70.4 Å². The molecule has 0 heterocycles. The molecule has 0 aliphatic heterocycles. The van der Waals surface area contributed by atoms with Crippen LogP contribution in [0.15, 0.2) is 48.1 Å². The van der Waals surface area contributed by atoms with Gasteiger partial charge < -0.3 is 20.1 Å². The molecule has 0 saturated heterocycles. The van der Waals surface area contributed by atoms with E-state index in [0.29, 0.717) is 6.42 Å². The highest BCUT2D eigenvalue weighted by molar-refractivity contribution is 5.68. The molecule has 29 heavy (non-hydrogen) atoms. The maximum Gasteiger partial charge on any atom is 0.214 e. The standard InChI is InChI=1S/C24H35NO4/c1-23(2,3)29-22(28)25-20(16-24(13-14-24)21(26)27)15-17-9-11-19(12-10-17)18-7-5-4-6-8-18/h4-9,11,20-22,25-28H,10,12-16H2,1-3H3. The van der Waals surface area contributed by atoms with Gasteiger partial charge in [-0.25, -0.2) is 0 Å². The number of allylic oxidation sites excluding steroid dienone is 3. The number of benzene rings is 1. The minimum atomic E-state index is -1.32. The zero-order chi connectivity index (χ0) is 21.1. The largest absolute Gasteiger partial charge is 0.368 e. The van der Waals surface area contributed by atoms with E-state index >= 15 is 0 Å². The van der Waals surface area contributed by atoms with Crippen molar-refractivity contribution >= 4 is 5.57 Å². The maximum atomic E-state index is 10.3. The van der Waals surface area contributed by atoms with E-state index in [0.717, 1.165) is 32.1 Å².